The van der Waals surface area contributed by atoms with E-state index in [1.807, 2.05) is 36.4 Å². The van der Waals surface area contributed by atoms with Crippen LogP contribution in [-0.2, 0) is 6.42 Å². The summed E-state index contributed by atoms with van der Waals surface area (Å²) in [5, 5.41) is 6.41. The number of furan rings is 1. The SMILES string of the molecule is O=C(N[C@H]1CCCc2ccccc21)c1cc2c(ccc3ccccc32)o1. The summed E-state index contributed by atoms with van der Waals surface area (Å²) in [5.41, 5.74) is 3.31. The molecule has 1 aliphatic carbocycles. The molecule has 128 valence electrons. The van der Waals surface area contributed by atoms with Crippen molar-refractivity contribution in [3.05, 3.63) is 83.6 Å². The van der Waals surface area contributed by atoms with Crippen molar-refractivity contribution in [1.82, 2.24) is 5.32 Å². The van der Waals surface area contributed by atoms with Crippen LogP contribution in [0, 0.1) is 0 Å². The van der Waals surface area contributed by atoms with Gasteiger partial charge < -0.3 is 9.73 Å². The molecule has 1 N–H and O–H groups in total. The van der Waals surface area contributed by atoms with Crippen molar-refractivity contribution < 1.29 is 9.21 Å². The lowest BCUT2D eigenvalue weighted by Crippen LogP contribution is -2.30. The van der Waals surface area contributed by atoms with Gasteiger partial charge >= 0.3 is 0 Å². The second-order valence-corrected chi connectivity index (χ2v) is 6.93. The van der Waals surface area contributed by atoms with Crippen molar-refractivity contribution in [3.8, 4) is 0 Å². The third-order valence-corrected chi connectivity index (χ3v) is 5.32. The maximum absolute atomic E-state index is 12.8. The molecule has 0 aliphatic heterocycles. The van der Waals surface area contributed by atoms with Crippen LogP contribution in [0.15, 0.2) is 71.1 Å². The number of hydrogen-bond donors (Lipinski definition) is 1. The van der Waals surface area contributed by atoms with Crippen LogP contribution in [0.3, 0.4) is 0 Å². The molecule has 0 saturated carbocycles. The van der Waals surface area contributed by atoms with Crippen molar-refractivity contribution in [1.29, 1.82) is 0 Å². The van der Waals surface area contributed by atoms with Gasteiger partial charge in [0.25, 0.3) is 5.91 Å². The minimum Gasteiger partial charge on any atom is -0.451 e. The summed E-state index contributed by atoms with van der Waals surface area (Å²) >= 11 is 0. The molecule has 26 heavy (non-hydrogen) atoms. The first kappa shape index (κ1) is 15.2. The van der Waals surface area contributed by atoms with E-state index < -0.39 is 0 Å². The molecule has 0 unspecified atom stereocenters. The van der Waals surface area contributed by atoms with Gasteiger partial charge in [-0.15, -0.1) is 0 Å². The fourth-order valence-corrected chi connectivity index (χ4v) is 4.04. The Hall–Kier alpha value is -3.07. The normalized spacial score (nSPS) is 16.5. The van der Waals surface area contributed by atoms with Crippen LogP contribution in [0.1, 0.15) is 40.6 Å². The molecular weight excluding hydrogens is 322 g/mol. The van der Waals surface area contributed by atoms with Crippen LogP contribution in [0.2, 0.25) is 0 Å². The topological polar surface area (TPSA) is 42.2 Å². The standard InChI is InChI=1S/C23H19NO2/c25-23(24-20-11-5-8-15-6-2-4-10-18(15)20)22-14-19-17-9-3-1-7-16(17)12-13-21(19)26-22/h1-4,6-7,9-10,12-14,20H,5,8,11H2,(H,24,25)/t20-/m0/s1. The van der Waals surface area contributed by atoms with Gasteiger partial charge in [-0.1, -0.05) is 54.6 Å². The van der Waals surface area contributed by atoms with Crippen molar-refractivity contribution in [3.63, 3.8) is 0 Å². The molecule has 3 aromatic carbocycles. The average molecular weight is 341 g/mol. The Balaban J connectivity index is 1.49. The molecule has 1 aromatic heterocycles. The summed E-state index contributed by atoms with van der Waals surface area (Å²) in [6.45, 7) is 0. The zero-order valence-electron chi connectivity index (χ0n) is 14.4. The molecule has 5 rings (SSSR count). The average Bonchev–Trinajstić information content (AvgIpc) is 3.13. The minimum absolute atomic E-state index is 0.0532. The van der Waals surface area contributed by atoms with Gasteiger partial charge in [0, 0.05) is 5.39 Å². The fourth-order valence-electron chi connectivity index (χ4n) is 4.04. The van der Waals surface area contributed by atoms with Crippen molar-refractivity contribution >= 4 is 27.6 Å². The van der Waals surface area contributed by atoms with E-state index in [0.717, 1.165) is 41.0 Å². The van der Waals surface area contributed by atoms with Crippen LogP contribution in [0.25, 0.3) is 21.7 Å². The number of nitrogens with one attached hydrogen (secondary N) is 1. The van der Waals surface area contributed by atoms with E-state index in [4.69, 9.17) is 4.42 Å². The number of carbonyl (C=O) groups excluding carboxylic acids is 1. The number of amides is 1. The summed E-state index contributed by atoms with van der Waals surface area (Å²) in [5.74, 6) is 0.228. The lowest BCUT2D eigenvalue weighted by atomic mass is 9.88. The summed E-state index contributed by atoms with van der Waals surface area (Å²) in [6.07, 6.45) is 3.14. The van der Waals surface area contributed by atoms with Crippen LogP contribution < -0.4 is 5.32 Å². The highest BCUT2D eigenvalue weighted by Gasteiger charge is 2.23. The Morgan fingerprint density at radius 2 is 1.81 bits per heavy atom. The highest BCUT2D eigenvalue weighted by atomic mass is 16.3. The maximum atomic E-state index is 12.8. The molecule has 1 atom stereocenters. The molecule has 1 amide bonds. The van der Waals surface area contributed by atoms with Crippen LogP contribution in [0.5, 0.6) is 0 Å². The maximum Gasteiger partial charge on any atom is 0.287 e. The van der Waals surface area contributed by atoms with Crippen LogP contribution in [-0.4, -0.2) is 5.91 Å². The number of benzene rings is 3. The molecule has 0 fully saturated rings. The molecule has 1 aliphatic rings. The highest BCUT2D eigenvalue weighted by Crippen LogP contribution is 2.31. The predicted octanol–water partition coefficient (Wildman–Crippen LogP) is 5.39. The first-order chi connectivity index (χ1) is 12.8. The Morgan fingerprint density at radius 1 is 0.962 bits per heavy atom. The number of rotatable bonds is 2. The zero-order chi connectivity index (χ0) is 17.5. The van der Waals surface area contributed by atoms with Gasteiger partial charge in [0.1, 0.15) is 5.58 Å². The molecule has 0 saturated heterocycles. The van der Waals surface area contributed by atoms with E-state index in [1.54, 1.807) is 0 Å². The second-order valence-electron chi connectivity index (χ2n) is 6.93. The summed E-state index contributed by atoms with van der Waals surface area (Å²) in [7, 11) is 0. The Kier molecular flexibility index (Phi) is 3.52. The largest absolute Gasteiger partial charge is 0.451 e. The predicted molar refractivity (Wildman–Crippen MR) is 103 cm³/mol. The lowest BCUT2D eigenvalue weighted by molar-refractivity contribution is 0.0907. The summed E-state index contributed by atoms with van der Waals surface area (Å²) < 4.78 is 5.86. The fraction of sp³-hybridized carbons (Fsp3) is 0.174. The monoisotopic (exact) mass is 341 g/mol. The van der Waals surface area contributed by atoms with Gasteiger partial charge in [-0.2, -0.15) is 0 Å². The van der Waals surface area contributed by atoms with E-state index in [2.05, 4.69) is 35.6 Å². The van der Waals surface area contributed by atoms with E-state index in [-0.39, 0.29) is 11.9 Å². The van der Waals surface area contributed by atoms with E-state index in [9.17, 15) is 4.79 Å². The Labute approximate surface area is 151 Å². The number of fused-ring (bicyclic) bond motifs is 4. The van der Waals surface area contributed by atoms with Gasteiger partial charge in [-0.05, 0) is 53.3 Å². The molecule has 3 heteroatoms. The number of aryl methyl sites for hydroxylation is 1. The summed E-state index contributed by atoms with van der Waals surface area (Å²) in [6, 6.07) is 22.4. The van der Waals surface area contributed by atoms with Gasteiger partial charge in [-0.3, -0.25) is 4.79 Å². The molecule has 0 radical (unpaired) electrons. The third kappa shape index (κ3) is 2.48. The third-order valence-electron chi connectivity index (χ3n) is 5.32. The number of carbonyl (C=O) groups is 1. The van der Waals surface area contributed by atoms with Gasteiger partial charge in [0.2, 0.25) is 0 Å². The van der Waals surface area contributed by atoms with E-state index in [0.29, 0.717) is 5.76 Å². The molecule has 0 spiro atoms. The van der Waals surface area contributed by atoms with E-state index in [1.165, 1.54) is 11.1 Å². The van der Waals surface area contributed by atoms with Gasteiger partial charge in [0.05, 0.1) is 6.04 Å². The molecule has 1 heterocycles. The first-order valence-corrected chi connectivity index (χ1v) is 9.09. The smallest absolute Gasteiger partial charge is 0.287 e. The van der Waals surface area contributed by atoms with Gasteiger partial charge in [0.15, 0.2) is 5.76 Å². The van der Waals surface area contributed by atoms with Crippen molar-refractivity contribution in [2.24, 2.45) is 0 Å². The van der Waals surface area contributed by atoms with Crippen molar-refractivity contribution in [2.45, 2.75) is 25.3 Å². The van der Waals surface area contributed by atoms with Crippen molar-refractivity contribution in [2.75, 3.05) is 0 Å². The Bertz CT molecular complexity index is 1130. The highest BCUT2D eigenvalue weighted by molar-refractivity contribution is 6.08. The molecular formula is C23H19NO2. The van der Waals surface area contributed by atoms with E-state index >= 15 is 0 Å². The molecule has 4 aromatic rings. The second kappa shape index (κ2) is 6.03. The molecule has 0 bridgehead atoms. The van der Waals surface area contributed by atoms with Gasteiger partial charge in [-0.25, -0.2) is 0 Å². The quantitative estimate of drug-likeness (QED) is 0.531. The minimum atomic E-state index is -0.146. The first-order valence-electron chi connectivity index (χ1n) is 9.09. The summed E-state index contributed by atoms with van der Waals surface area (Å²) in [4.78, 5) is 12.8. The Morgan fingerprint density at radius 3 is 2.77 bits per heavy atom. The number of hydrogen-bond acceptors (Lipinski definition) is 2. The lowest BCUT2D eigenvalue weighted by Gasteiger charge is -2.25. The van der Waals surface area contributed by atoms with Crippen LogP contribution in [0.4, 0.5) is 0 Å². The molecule has 3 nitrogen and oxygen atoms in total. The zero-order valence-corrected chi connectivity index (χ0v) is 14.4. The van der Waals surface area contributed by atoms with Crippen LogP contribution >= 0.6 is 0 Å².